The van der Waals surface area contributed by atoms with Gasteiger partial charge < -0.3 is 10.3 Å². The Morgan fingerprint density at radius 1 is 1.44 bits per heavy atom. The Kier molecular flexibility index (Phi) is 2.07. The molecule has 1 aromatic carbocycles. The summed E-state index contributed by atoms with van der Waals surface area (Å²) in [5.74, 6) is 0.0241. The van der Waals surface area contributed by atoms with Gasteiger partial charge in [-0.1, -0.05) is 11.6 Å². The number of nitrogen functional groups attached to an aromatic ring is 1. The van der Waals surface area contributed by atoms with Crippen molar-refractivity contribution in [3.63, 3.8) is 0 Å². The van der Waals surface area contributed by atoms with E-state index in [4.69, 9.17) is 17.3 Å². The zero-order chi connectivity index (χ0) is 11.3. The molecule has 5 heteroatoms. The van der Waals surface area contributed by atoms with Crippen LogP contribution >= 0.6 is 11.6 Å². The van der Waals surface area contributed by atoms with Gasteiger partial charge in [-0.3, -0.25) is 0 Å². The minimum Gasteiger partial charge on any atom is -0.369 e. The van der Waals surface area contributed by atoms with Gasteiger partial charge in [0.2, 0.25) is 5.95 Å². The predicted molar refractivity (Wildman–Crippen MR) is 62.0 cm³/mol. The second-order valence-corrected chi connectivity index (χ2v) is 4.59. The molecule has 3 rings (SSSR count). The zero-order valence-corrected chi connectivity index (χ0v) is 9.34. The van der Waals surface area contributed by atoms with Gasteiger partial charge in [-0.25, -0.2) is 9.37 Å². The molecule has 0 bridgehead atoms. The molecule has 0 aliphatic heterocycles. The Hall–Kier alpha value is -1.29. The molecule has 0 radical (unpaired) electrons. The molecule has 0 unspecified atom stereocenters. The molecule has 1 fully saturated rings. The molecule has 1 aliphatic carbocycles. The lowest BCUT2D eigenvalue weighted by Gasteiger charge is -2.28. The normalized spacial score (nSPS) is 16.6. The number of fused-ring (bicyclic) bond motifs is 1. The summed E-state index contributed by atoms with van der Waals surface area (Å²) in [6.45, 7) is 0. The average molecular weight is 240 g/mol. The first-order valence-electron chi connectivity index (χ1n) is 5.29. The number of hydrogen-bond donors (Lipinski definition) is 1. The van der Waals surface area contributed by atoms with Crippen LogP contribution in [0, 0.1) is 5.82 Å². The maximum atomic E-state index is 13.4. The highest BCUT2D eigenvalue weighted by Crippen LogP contribution is 2.37. The second kappa shape index (κ2) is 3.35. The average Bonchev–Trinajstić information content (AvgIpc) is 2.43. The highest BCUT2D eigenvalue weighted by atomic mass is 35.5. The Morgan fingerprint density at radius 3 is 2.81 bits per heavy atom. The van der Waals surface area contributed by atoms with Crippen molar-refractivity contribution < 1.29 is 4.39 Å². The van der Waals surface area contributed by atoms with Gasteiger partial charge in [0.1, 0.15) is 5.82 Å². The van der Waals surface area contributed by atoms with E-state index in [0.29, 0.717) is 17.5 Å². The minimum atomic E-state index is -0.422. The summed E-state index contributed by atoms with van der Waals surface area (Å²) >= 11 is 5.71. The molecule has 0 amide bonds. The van der Waals surface area contributed by atoms with Crippen LogP contribution in [0.25, 0.3) is 11.0 Å². The Bertz CT molecular complexity index is 560. The number of benzene rings is 1. The molecule has 16 heavy (non-hydrogen) atoms. The molecule has 0 saturated heterocycles. The van der Waals surface area contributed by atoms with E-state index in [1.807, 2.05) is 4.57 Å². The van der Waals surface area contributed by atoms with Crippen molar-refractivity contribution >= 4 is 28.6 Å². The number of anilines is 1. The Labute approximate surface area is 97.0 Å². The van der Waals surface area contributed by atoms with Gasteiger partial charge in [-0.2, -0.15) is 0 Å². The number of halogens is 2. The van der Waals surface area contributed by atoms with E-state index in [0.717, 1.165) is 18.4 Å². The summed E-state index contributed by atoms with van der Waals surface area (Å²) in [5, 5.41) is 0.0887. The van der Waals surface area contributed by atoms with Gasteiger partial charge in [-0.15, -0.1) is 0 Å². The molecular weight excluding hydrogens is 229 g/mol. The number of nitrogens with zero attached hydrogens (tertiary/aromatic N) is 2. The van der Waals surface area contributed by atoms with Crippen LogP contribution in [0.3, 0.4) is 0 Å². The number of rotatable bonds is 1. The first-order chi connectivity index (χ1) is 7.66. The third kappa shape index (κ3) is 1.29. The molecule has 1 heterocycles. The van der Waals surface area contributed by atoms with E-state index in [-0.39, 0.29) is 5.02 Å². The van der Waals surface area contributed by atoms with Crippen molar-refractivity contribution in [1.82, 2.24) is 9.55 Å². The monoisotopic (exact) mass is 239 g/mol. The van der Waals surface area contributed by atoms with Crippen molar-refractivity contribution in [2.24, 2.45) is 0 Å². The molecule has 3 nitrogen and oxygen atoms in total. The van der Waals surface area contributed by atoms with Crippen LogP contribution in [-0.4, -0.2) is 9.55 Å². The van der Waals surface area contributed by atoms with Gasteiger partial charge in [0.05, 0.1) is 16.1 Å². The molecule has 1 saturated carbocycles. The Morgan fingerprint density at radius 2 is 2.19 bits per heavy atom. The molecular formula is C11H11ClFN3. The number of hydrogen-bond acceptors (Lipinski definition) is 2. The van der Waals surface area contributed by atoms with Crippen molar-refractivity contribution in [2.45, 2.75) is 25.3 Å². The van der Waals surface area contributed by atoms with Crippen molar-refractivity contribution in [2.75, 3.05) is 5.73 Å². The van der Waals surface area contributed by atoms with Crippen molar-refractivity contribution in [3.8, 4) is 0 Å². The van der Waals surface area contributed by atoms with Crippen LogP contribution in [-0.2, 0) is 0 Å². The summed E-state index contributed by atoms with van der Waals surface area (Å²) in [6.07, 6.45) is 3.36. The quantitative estimate of drug-likeness (QED) is 0.831. The highest BCUT2D eigenvalue weighted by Gasteiger charge is 2.24. The summed E-state index contributed by atoms with van der Waals surface area (Å²) in [4.78, 5) is 4.21. The molecule has 2 aromatic rings. The van der Waals surface area contributed by atoms with E-state index < -0.39 is 5.82 Å². The summed E-state index contributed by atoms with van der Waals surface area (Å²) in [6, 6.07) is 3.31. The fourth-order valence-electron chi connectivity index (χ4n) is 2.14. The first-order valence-corrected chi connectivity index (χ1v) is 5.67. The second-order valence-electron chi connectivity index (χ2n) is 4.18. The van der Waals surface area contributed by atoms with Crippen LogP contribution in [0.15, 0.2) is 12.1 Å². The lowest BCUT2D eigenvalue weighted by molar-refractivity contribution is 0.324. The third-order valence-corrected chi connectivity index (χ3v) is 3.49. The van der Waals surface area contributed by atoms with Crippen LogP contribution < -0.4 is 5.73 Å². The van der Waals surface area contributed by atoms with Crippen molar-refractivity contribution in [3.05, 3.63) is 23.0 Å². The fraction of sp³-hybridized carbons (Fsp3) is 0.364. The maximum Gasteiger partial charge on any atom is 0.201 e. The molecule has 84 valence electrons. The van der Waals surface area contributed by atoms with Crippen LogP contribution in [0.1, 0.15) is 25.3 Å². The standard InChI is InChI=1S/C11H11ClFN3/c12-7-4-9-10(5-8(7)13)16(11(14)15-9)6-2-1-3-6/h4-6H,1-3H2,(H2,14,15). The van der Waals surface area contributed by atoms with Gasteiger partial charge in [0.15, 0.2) is 0 Å². The largest absolute Gasteiger partial charge is 0.369 e. The van der Waals surface area contributed by atoms with E-state index in [1.165, 1.54) is 18.6 Å². The number of nitrogens with two attached hydrogens (primary N) is 1. The summed E-state index contributed by atoms with van der Waals surface area (Å²) in [5.41, 5.74) is 7.25. The Balaban J connectivity index is 2.26. The minimum absolute atomic E-state index is 0.0887. The molecule has 1 aliphatic rings. The van der Waals surface area contributed by atoms with Gasteiger partial charge >= 0.3 is 0 Å². The smallest absolute Gasteiger partial charge is 0.201 e. The highest BCUT2D eigenvalue weighted by molar-refractivity contribution is 6.31. The fourth-order valence-corrected chi connectivity index (χ4v) is 2.30. The van der Waals surface area contributed by atoms with E-state index in [1.54, 1.807) is 0 Å². The zero-order valence-electron chi connectivity index (χ0n) is 8.58. The van der Waals surface area contributed by atoms with E-state index >= 15 is 0 Å². The molecule has 2 N–H and O–H groups in total. The van der Waals surface area contributed by atoms with Crippen LogP contribution in [0.5, 0.6) is 0 Å². The molecule has 0 spiro atoms. The topological polar surface area (TPSA) is 43.8 Å². The number of imidazole rings is 1. The lowest BCUT2D eigenvalue weighted by atomic mass is 9.93. The lowest BCUT2D eigenvalue weighted by Crippen LogP contribution is -2.18. The van der Waals surface area contributed by atoms with Crippen LogP contribution in [0.2, 0.25) is 5.02 Å². The summed E-state index contributed by atoms with van der Waals surface area (Å²) < 4.78 is 15.3. The van der Waals surface area contributed by atoms with Gasteiger partial charge in [0, 0.05) is 12.1 Å². The van der Waals surface area contributed by atoms with Crippen LogP contribution in [0.4, 0.5) is 10.3 Å². The molecule has 0 atom stereocenters. The SMILES string of the molecule is Nc1nc2cc(Cl)c(F)cc2n1C1CCC1. The third-order valence-electron chi connectivity index (χ3n) is 3.20. The number of aromatic nitrogens is 2. The predicted octanol–water partition coefficient (Wildman–Crippen LogP) is 3.14. The molecule has 1 aromatic heterocycles. The maximum absolute atomic E-state index is 13.4. The van der Waals surface area contributed by atoms with E-state index in [2.05, 4.69) is 4.98 Å². The van der Waals surface area contributed by atoms with Gasteiger partial charge in [0.25, 0.3) is 0 Å². The first kappa shape index (κ1) is 9.90. The van der Waals surface area contributed by atoms with Crippen molar-refractivity contribution in [1.29, 1.82) is 0 Å². The summed E-state index contributed by atoms with van der Waals surface area (Å²) in [7, 11) is 0. The van der Waals surface area contributed by atoms with E-state index in [9.17, 15) is 4.39 Å². The van der Waals surface area contributed by atoms with Gasteiger partial charge in [-0.05, 0) is 25.3 Å².